The molecule has 1 aliphatic rings. The van der Waals surface area contributed by atoms with Crippen molar-refractivity contribution in [3.63, 3.8) is 0 Å². The van der Waals surface area contributed by atoms with Crippen LogP contribution in [0, 0.1) is 0 Å². The van der Waals surface area contributed by atoms with Crippen LogP contribution in [-0.2, 0) is 19.2 Å². The van der Waals surface area contributed by atoms with Crippen molar-refractivity contribution in [2.45, 2.75) is 57.2 Å². The van der Waals surface area contributed by atoms with Crippen LogP contribution in [0.5, 0.6) is 0 Å². The molecule has 3 atom stereocenters. The molecule has 0 spiro atoms. The van der Waals surface area contributed by atoms with Gasteiger partial charge >= 0.3 is 5.97 Å². The molecule has 3 unspecified atom stereocenters. The number of amides is 3. The lowest BCUT2D eigenvalue weighted by molar-refractivity contribution is -0.141. The van der Waals surface area contributed by atoms with Crippen molar-refractivity contribution < 1.29 is 24.3 Å². The van der Waals surface area contributed by atoms with Crippen LogP contribution in [0.15, 0.2) is 0 Å². The second-order valence-electron chi connectivity index (χ2n) is 6.34. The molecule has 0 radical (unpaired) electrons. The first-order valence-corrected chi connectivity index (χ1v) is 8.88. The van der Waals surface area contributed by atoms with Gasteiger partial charge < -0.3 is 32.1 Å². The monoisotopic (exact) mass is 371 g/mol. The van der Waals surface area contributed by atoms with E-state index in [1.165, 1.54) is 6.92 Å². The van der Waals surface area contributed by atoms with E-state index >= 15 is 0 Å². The number of rotatable bonds is 11. The van der Waals surface area contributed by atoms with E-state index in [1.807, 2.05) is 0 Å². The molecule has 26 heavy (non-hydrogen) atoms. The summed E-state index contributed by atoms with van der Waals surface area (Å²) in [7, 11) is 0. The second kappa shape index (κ2) is 11.4. The number of nitrogens with one attached hydrogen (secondary N) is 4. The summed E-state index contributed by atoms with van der Waals surface area (Å²) in [6.45, 7) is 2.33. The fraction of sp³-hybridized carbons (Fsp3) is 0.750. The van der Waals surface area contributed by atoms with Gasteiger partial charge in [-0.1, -0.05) is 0 Å². The van der Waals surface area contributed by atoms with Gasteiger partial charge in [-0.05, 0) is 52.1 Å². The lowest BCUT2D eigenvalue weighted by Crippen LogP contribution is -2.53. The first-order chi connectivity index (χ1) is 12.3. The molecule has 1 aliphatic heterocycles. The van der Waals surface area contributed by atoms with E-state index in [1.54, 1.807) is 0 Å². The largest absolute Gasteiger partial charge is 0.480 e. The number of carbonyl (C=O) groups excluding carboxylic acids is 3. The number of carboxylic acids is 1. The van der Waals surface area contributed by atoms with Crippen LogP contribution < -0.4 is 27.0 Å². The summed E-state index contributed by atoms with van der Waals surface area (Å²) in [5.74, 6) is -2.50. The van der Waals surface area contributed by atoms with Gasteiger partial charge in [0.2, 0.25) is 17.7 Å². The van der Waals surface area contributed by atoms with Crippen molar-refractivity contribution in [3.05, 3.63) is 0 Å². The third-order valence-corrected chi connectivity index (χ3v) is 4.13. The molecule has 7 N–H and O–H groups in total. The number of nitrogens with two attached hydrogens (primary N) is 1. The zero-order valence-electron chi connectivity index (χ0n) is 15.0. The highest BCUT2D eigenvalue weighted by Crippen LogP contribution is 2.04. The lowest BCUT2D eigenvalue weighted by Gasteiger charge is -2.20. The standard InChI is InChI=1S/C16H29N5O5/c1-10(16(25)26)20-15(24)12(5-2-3-7-17)21-13(22)9-19-14(23)11-6-4-8-18-11/h10-12,18H,2-9,17H2,1H3,(H,19,23)(H,20,24)(H,21,22)(H,25,26). The molecule has 1 heterocycles. The molecule has 0 aromatic rings. The first-order valence-electron chi connectivity index (χ1n) is 8.88. The van der Waals surface area contributed by atoms with Gasteiger partial charge in [-0.25, -0.2) is 0 Å². The average Bonchev–Trinajstić information content (AvgIpc) is 3.13. The maximum absolute atomic E-state index is 12.2. The van der Waals surface area contributed by atoms with Crippen LogP contribution in [0.25, 0.3) is 0 Å². The Morgan fingerprint density at radius 3 is 2.54 bits per heavy atom. The van der Waals surface area contributed by atoms with Crippen LogP contribution in [0.3, 0.4) is 0 Å². The number of aliphatic carboxylic acids is 1. The van der Waals surface area contributed by atoms with Crippen molar-refractivity contribution in [1.82, 2.24) is 21.3 Å². The lowest BCUT2D eigenvalue weighted by atomic mass is 10.1. The van der Waals surface area contributed by atoms with Crippen molar-refractivity contribution >= 4 is 23.7 Å². The van der Waals surface area contributed by atoms with E-state index in [2.05, 4.69) is 21.3 Å². The van der Waals surface area contributed by atoms with Gasteiger partial charge in [0.25, 0.3) is 0 Å². The predicted octanol–water partition coefficient (Wildman–Crippen LogP) is -1.94. The second-order valence-corrected chi connectivity index (χ2v) is 6.34. The maximum atomic E-state index is 12.2. The molecule has 10 nitrogen and oxygen atoms in total. The zero-order chi connectivity index (χ0) is 19.5. The van der Waals surface area contributed by atoms with Crippen molar-refractivity contribution in [1.29, 1.82) is 0 Å². The highest BCUT2D eigenvalue weighted by atomic mass is 16.4. The van der Waals surface area contributed by atoms with E-state index in [0.717, 1.165) is 19.4 Å². The topological polar surface area (TPSA) is 163 Å². The molecule has 148 valence electrons. The summed E-state index contributed by atoms with van der Waals surface area (Å²) in [5.41, 5.74) is 5.43. The molecule has 1 rings (SSSR count). The minimum atomic E-state index is -1.17. The molecule has 0 aromatic carbocycles. The summed E-state index contributed by atoms with van der Waals surface area (Å²) in [6.07, 6.45) is 3.26. The summed E-state index contributed by atoms with van der Waals surface area (Å²) < 4.78 is 0. The van der Waals surface area contributed by atoms with Crippen LogP contribution in [-0.4, -0.2) is 66.6 Å². The van der Waals surface area contributed by atoms with Gasteiger partial charge in [-0.15, -0.1) is 0 Å². The molecule has 0 aromatic heterocycles. The first kappa shape index (κ1) is 21.8. The Morgan fingerprint density at radius 2 is 1.96 bits per heavy atom. The normalized spacial score (nSPS) is 18.6. The Morgan fingerprint density at radius 1 is 1.23 bits per heavy atom. The van der Waals surface area contributed by atoms with E-state index in [-0.39, 0.29) is 18.5 Å². The molecule has 0 bridgehead atoms. The average molecular weight is 371 g/mol. The summed E-state index contributed by atoms with van der Waals surface area (Å²) in [5, 5.41) is 19.3. The van der Waals surface area contributed by atoms with Crippen LogP contribution >= 0.6 is 0 Å². The third-order valence-electron chi connectivity index (χ3n) is 4.13. The van der Waals surface area contributed by atoms with Crippen molar-refractivity contribution in [2.24, 2.45) is 5.73 Å². The van der Waals surface area contributed by atoms with Crippen molar-refractivity contribution in [2.75, 3.05) is 19.6 Å². The van der Waals surface area contributed by atoms with Gasteiger partial charge in [-0.2, -0.15) is 0 Å². The van der Waals surface area contributed by atoms with Crippen LogP contribution in [0.1, 0.15) is 39.0 Å². The van der Waals surface area contributed by atoms with Crippen LogP contribution in [0.2, 0.25) is 0 Å². The summed E-state index contributed by atoms with van der Waals surface area (Å²) in [6, 6.07) is -2.23. The number of carboxylic acid groups (broad SMARTS) is 1. The van der Waals surface area contributed by atoms with E-state index in [0.29, 0.717) is 25.8 Å². The number of unbranched alkanes of at least 4 members (excludes halogenated alkanes) is 1. The van der Waals surface area contributed by atoms with Gasteiger partial charge in [0.1, 0.15) is 12.1 Å². The van der Waals surface area contributed by atoms with Gasteiger partial charge in [0.05, 0.1) is 12.6 Å². The Labute approximate surface area is 152 Å². The third kappa shape index (κ3) is 7.79. The Bertz CT molecular complexity index is 507. The van der Waals surface area contributed by atoms with E-state index in [9.17, 15) is 19.2 Å². The molecular weight excluding hydrogens is 342 g/mol. The Balaban J connectivity index is 2.50. The SMILES string of the molecule is CC(NC(=O)C(CCCCN)NC(=O)CNC(=O)C1CCCN1)C(=O)O. The number of hydrogen-bond donors (Lipinski definition) is 6. The Hall–Kier alpha value is -2.20. The maximum Gasteiger partial charge on any atom is 0.325 e. The number of hydrogen-bond acceptors (Lipinski definition) is 6. The van der Waals surface area contributed by atoms with Gasteiger partial charge in [0, 0.05) is 0 Å². The van der Waals surface area contributed by atoms with E-state index < -0.39 is 29.9 Å². The molecule has 1 saturated heterocycles. The minimum absolute atomic E-state index is 0.244. The molecule has 10 heteroatoms. The fourth-order valence-electron chi connectivity index (χ4n) is 2.58. The van der Waals surface area contributed by atoms with Gasteiger partial charge in [-0.3, -0.25) is 19.2 Å². The fourth-order valence-corrected chi connectivity index (χ4v) is 2.58. The highest BCUT2D eigenvalue weighted by molar-refractivity contribution is 5.92. The molecule has 0 aliphatic carbocycles. The minimum Gasteiger partial charge on any atom is -0.480 e. The molecule has 3 amide bonds. The quantitative estimate of drug-likeness (QED) is 0.230. The smallest absolute Gasteiger partial charge is 0.325 e. The highest BCUT2D eigenvalue weighted by Gasteiger charge is 2.25. The number of carbonyl (C=O) groups is 4. The van der Waals surface area contributed by atoms with E-state index in [4.69, 9.17) is 10.8 Å². The Kier molecular flexibility index (Phi) is 9.60. The molecular formula is C16H29N5O5. The molecule has 1 fully saturated rings. The van der Waals surface area contributed by atoms with Crippen molar-refractivity contribution in [3.8, 4) is 0 Å². The van der Waals surface area contributed by atoms with Crippen LogP contribution in [0.4, 0.5) is 0 Å². The summed E-state index contributed by atoms with van der Waals surface area (Å²) >= 11 is 0. The predicted molar refractivity (Wildman–Crippen MR) is 94.1 cm³/mol. The zero-order valence-corrected chi connectivity index (χ0v) is 15.0. The van der Waals surface area contributed by atoms with Gasteiger partial charge in [0.15, 0.2) is 0 Å². The molecule has 0 saturated carbocycles. The summed E-state index contributed by atoms with van der Waals surface area (Å²) in [4.78, 5) is 47.0.